The summed E-state index contributed by atoms with van der Waals surface area (Å²) in [6.45, 7) is 2.07. The maximum Gasteiger partial charge on any atom is 0.248 e. The van der Waals surface area contributed by atoms with Gasteiger partial charge in [-0.1, -0.05) is 48.5 Å². The zero-order chi connectivity index (χ0) is 18.1. The van der Waals surface area contributed by atoms with Crippen molar-refractivity contribution in [3.05, 3.63) is 65.7 Å². The van der Waals surface area contributed by atoms with Crippen LogP contribution in [0.5, 0.6) is 0 Å². The standard InChI is InChI=1S/C21H22N2O2S/c1-21-12-11-19(24)23(21)18(14-26-21)20(25)22-17-10-6-5-9-16(17)13-15-7-3-2-4-8-15/h2-10,18H,11-14H2,1H3,(H,22,25)/t18-,21+/m0/s1. The number of benzene rings is 2. The van der Waals surface area contributed by atoms with Crippen molar-refractivity contribution in [3.8, 4) is 0 Å². The summed E-state index contributed by atoms with van der Waals surface area (Å²) in [4.78, 5) is 26.8. The van der Waals surface area contributed by atoms with E-state index < -0.39 is 0 Å². The zero-order valence-electron chi connectivity index (χ0n) is 14.8. The molecule has 2 aliphatic rings. The Labute approximate surface area is 158 Å². The quantitative estimate of drug-likeness (QED) is 0.898. The Morgan fingerprint density at radius 1 is 1.19 bits per heavy atom. The number of anilines is 1. The first-order chi connectivity index (χ1) is 12.6. The first-order valence-corrected chi connectivity index (χ1v) is 9.94. The van der Waals surface area contributed by atoms with E-state index in [1.807, 2.05) is 42.5 Å². The molecule has 2 saturated heterocycles. The summed E-state index contributed by atoms with van der Waals surface area (Å²) in [5.41, 5.74) is 3.10. The molecule has 0 unspecified atom stereocenters. The van der Waals surface area contributed by atoms with Gasteiger partial charge in [0.2, 0.25) is 11.8 Å². The molecule has 26 heavy (non-hydrogen) atoms. The summed E-state index contributed by atoms with van der Waals surface area (Å²) in [5.74, 6) is 0.668. The smallest absolute Gasteiger partial charge is 0.248 e. The van der Waals surface area contributed by atoms with Gasteiger partial charge >= 0.3 is 0 Å². The first-order valence-electron chi connectivity index (χ1n) is 8.96. The minimum atomic E-state index is -0.384. The highest BCUT2D eigenvalue weighted by atomic mass is 32.2. The van der Waals surface area contributed by atoms with Crippen LogP contribution in [-0.4, -0.2) is 33.4 Å². The van der Waals surface area contributed by atoms with Crippen LogP contribution < -0.4 is 5.32 Å². The molecule has 2 atom stereocenters. The van der Waals surface area contributed by atoms with Crippen molar-refractivity contribution in [2.45, 2.75) is 37.1 Å². The molecule has 134 valence electrons. The first kappa shape index (κ1) is 17.2. The van der Waals surface area contributed by atoms with Gasteiger partial charge < -0.3 is 10.2 Å². The number of carbonyl (C=O) groups is 2. The number of hydrogen-bond acceptors (Lipinski definition) is 3. The van der Waals surface area contributed by atoms with Gasteiger partial charge in [-0.15, -0.1) is 11.8 Å². The fourth-order valence-corrected chi connectivity index (χ4v) is 5.27. The van der Waals surface area contributed by atoms with Crippen molar-refractivity contribution in [3.63, 3.8) is 0 Å². The number of thioether (sulfide) groups is 1. The lowest BCUT2D eigenvalue weighted by Crippen LogP contribution is -2.48. The van der Waals surface area contributed by atoms with E-state index in [2.05, 4.69) is 24.4 Å². The van der Waals surface area contributed by atoms with E-state index in [4.69, 9.17) is 0 Å². The third-order valence-corrected chi connectivity index (χ3v) is 6.77. The van der Waals surface area contributed by atoms with Crippen molar-refractivity contribution in [2.75, 3.05) is 11.1 Å². The lowest BCUT2D eigenvalue weighted by Gasteiger charge is -2.30. The molecule has 2 heterocycles. The number of nitrogens with one attached hydrogen (secondary N) is 1. The van der Waals surface area contributed by atoms with E-state index in [0.29, 0.717) is 12.2 Å². The third kappa shape index (κ3) is 3.12. The average molecular weight is 366 g/mol. The Bertz CT molecular complexity index is 839. The number of amides is 2. The van der Waals surface area contributed by atoms with Crippen LogP contribution in [-0.2, 0) is 16.0 Å². The highest BCUT2D eigenvalue weighted by molar-refractivity contribution is 8.01. The van der Waals surface area contributed by atoms with Gasteiger partial charge in [-0.25, -0.2) is 0 Å². The highest BCUT2D eigenvalue weighted by Crippen LogP contribution is 2.47. The summed E-state index contributed by atoms with van der Waals surface area (Å²) in [5, 5.41) is 3.08. The van der Waals surface area contributed by atoms with Crippen molar-refractivity contribution >= 4 is 29.3 Å². The molecule has 4 nitrogen and oxygen atoms in total. The van der Waals surface area contributed by atoms with Crippen LogP contribution >= 0.6 is 11.8 Å². The number of carbonyl (C=O) groups excluding carboxylic acids is 2. The molecule has 2 aromatic rings. The van der Waals surface area contributed by atoms with E-state index in [0.717, 1.165) is 24.1 Å². The number of hydrogen-bond donors (Lipinski definition) is 1. The predicted molar refractivity (Wildman–Crippen MR) is 105 cm³/mol. The Kier molecular flexibility index (Phi) is 4.49. The summed E-state index contributed by atoms with van der Waals surface area (Å²) >= 11 is 1.72. The molecule has 0 bridgehead atoms. The van der Waals surface area contributed by atoms with Gasteiger partial charge in [0.25, 0.3) is 0 Å². The Hall–Kier alpha value is -2.27. The minimum absolute atomic E-state index is 0.0861. The van der Waals surface area contributed by atoms with Crippen molar-refractivity contribution in [1.82, 2.24) is 4.90 Å². The van der Waals surface area contributed by atoms with E-state index in [9.17, 15) is 9.59 Å². The summed E-state index contributed by atoms with van der Waals surface area (Å²) in [7, 11) is 0. The van der Waals surface area contributed by atoms with Gasteiger partial charge in [0.05, 0.1) is 4.87 Å². The second kappa shape index (κ2) is 6.80. The Balaban J connectivity index is 1.53. The number of nitrogens with zero attached hydrogens (tertiary/aromatic N) is 1. The molecule has 0 aromatic heterocycles. The van der Waals surface area contributed by atoms with E-state index in [-0.39, 0.29) is 22.7 Å². The molecule has 5 heteroatoms. The summed E-state index contributed by atoms with van der Waals surface area (Å²) in [6, 6.07) is 17.7. The van der Waals surface area contributed by atoms with Crippen LogP contribution in [0, 0.1) is 0 Å². The molecule has 2 amide bonds. The molecule has 4 rings (SSSR count). The second-order valence-electron chi connectivity index (χ2n) is 7.07. The molecule has 2 fully saturated rings. The van der Waals surface area contributed by atoms with Gasteiger partial charge in [0.15, 0.2) is 0 Å². The van der Waals surface area contributed by atoms with Crippen LogP contribution in [0.2, 0.25) is 0 Å². The third-order valence-electron chi connectivity index (χ3n) is 5.26. The molecule has 0 radical (unpaired) electrons. The molecule has 2 aliphatic heterocycles. The molecule has 1 N–H and O–H groups in total. The second-order valence-corrected chi connectivity index (χ2v) is 8.58. The SMILES string of the molecule is C[C@@]12CCC(=O)N1[C@H](C(=O)Nc1ccccc1Cc1ccccc1)CS2. The van der Waals surface area contributed by atoms with Gasteiger partial charge in [0, 0.05) is 17.9 Å². The average Bonchev–Trinajstić information content (AvgIpc) is 3.14. The normalized spacial score (nSPS) is 24.6. The van der Waals surface area contributed by atoms with Gasteiger partial charge in [-0.2, -0.15) is 0 Å². The number of fused-ring (bicyclic) bond motifs is 1. The van der Waals surface area contributed by atoms with Crippen LogP contribution in [0.4, 0.5) is 5.69 Å². The van der Waals surface area contributed by atoms with E-state index in [1.165, 1.54) is 5.56 Å². The maximum absolute atomic E-state index is 12.9. The van der Waals surface area contributed by atoms with Gasteiger partial charge in [-0.05, 0) is 37.0 Å². The monoisotopic (exact) mass is 366 g/mol. The number of rotatable bonds is 4. The minimum Gasteiger partial charge on any atom is -0.324 e. The molecule has 2 aromatic carbocycles. The molecule has 0 aliphatic carbocycles. The molecular formula is C21H22N2O2S. The molecule has 0 spiro atoms. The van der Waals surface area contributed by atoms with E-state index >= 15 is 0 Å². The van der Waals surface area contributed by atoms with Crippen LogP contribution in [0.25, 0.3) is 0 Å². The van der Waals surface area contributed by atoms with Crippen LogP contribution in [0.1, 0.15) is 30.9 Å². The molecular weight excluding hydrogens is 344 g/mol. The molecule has 0 saturated carbocycles. The van der Waals surface area contributed by atoms with Crippen LogP contribution in [0.15, 0.2) is 54.6 Å². The summed E-state index contributed by atoms with van der Waals surface area (Å²) < 4.78 is 0. The van der Waals surface area contributed by atoms with Crippen LogP contribution in [0.3, 0.4) is 0 Å². The Morgan fingerprint density at radius 3 is 2.73 bits per heavy atom. The van der Waals surface area contributed by atoms with Crippen molar-refractivity contribution in [1.29, 1.82) is 0 Å². The van der Waals surface area contributed by atoms with Crippen molar-refractivity contribution < 1.29 is 9.59 Å². The lowest BCUT2D eigenvalue weighted by atomic mass is 10.0. The predicted octanol–water partition coefficient (Wildman–Crippen LogP) is 3.67. The lowest BCUT2D eigenvalue weighted by molar-refractivity contribution is -0.135. The topological polar surface area (TPSA) is 49.4 Å². The fraction of sp³-hybridized carbons (Fsp3) is 0.333. The zero-order valence-corrected chi connectivity index (χ0v) is 15.6. The van der Waals surface area contributed by atoms with Gasteiger partial charge in [-0.3, -0.25) is 9.59 Å². The largest absolute Gasteiger partial charge is 0.324 e. The fourth-order valence-electron chi connectivity index (χ4n) is 3.84. The van der Waals surface area contributed by atoms with E-state index in [1.54, 1.807) is 16.7 Å². The summed E-state index contributed by atoms with van der Waals surface area (Å²) in [6.07, 6.45) is 2.12. The maximum atomic E-state index is 12.9. The highest BCUT2D eigenvalue weighted by Gasteiger charge is 2.52. The van der Waals surface area contributed by atoms with Gasteiger partial charge in [0.1, 0.15) is 6.04 Å². The van der Waals surface area contributed by atoms with Crippen molar-refractivity contribution in [2.24, 2.45) is 0 Å². The Morgan fingerprint density at radius 2 is 1.92 bits per heavy atom. The number of para-hydroxylation sites is 1.